The van der Waals surface area contributed by atoms with Crippen molar-refractivity contribution in [1.82, 2.24) is 0 Å². The smallest absolute Gasteiger partial charge is 0.303 e. The minimum absolute atomic E-state index is 0.000231. The maximum atomic E-state index is 13.3. The molecule has 0 saturated carbocycles. The van der Waals surface area contributed by atoms with Crippen LogP contribution in [0.15, 0.2) is 17.5 Å². The third kappa shape index (κ3) is 3.06. The summed E-state index contributed by atoms with van der Waals surface area (Å²) < 4.78 is 26.5. The molecule has 0 saturated heterocycles. The molecule has 0 aromatic carbocycles. The predicted molar refractivity (Wildman–Crippen MR) is 49.7 cm³/mol. The Hall–Kier alpha value is -0.970. The quantitative estimate of drug-likeness (QED) is 0.827. The molecule has 0 aliphatic carbocycles. The lowest BCUT2D eigenvalue weighted by molar-refractivity contribution is -0.137. The van der Waals surface area contributed by atoms with Crippen LogP contribution in [0.25, 0.3) is 0 Å². The first-order chi connectivity index (χ1) is 6.52. The van der Waals surface area contributed by atoms with E-state index in [-0.39, 0.29) is 17.7 Å². The van der Waals surface area contributed by atoms with Gasteiger partial charge in [0.05, 0.1) is 4.88 Å². The third-order valence-electron chi connectivity index (χ3n) is 1.76. The number of carbonyl (C=O) groups is 1. The molecule has 1 aromatic heterocycles. The van der Waals surface area contributed by atoms with E-state index >= 15 is 0 Å². The van der Waals surface area contributed by atoms with Crippen molar-refractivity contribution >= 4 is 17.3 Å². The van der Waals surface area contributed by atoms with E-state index in [1.54, 1.807) is 11.4 Å². The normalized spacial score (nSPS) is 11.6. The van der Waals surface area contributed by atoms with E-state index in [1.807, 2.05) is 0 Å². The van der Waals surface area contributed by atoms with E-state index in [2.05, 4.69) is 0 Å². The Bertz CT molecular complexity index is 296. The van der Waals surface area contributed by atoms with Crippen molar-refractivity contribution in [2.24, 2.45) is 0 Å². The monoisotopic (exact) mass is 220 g/mol. The zero-order chi connectivity index (χ0) is 10.6. The summed E-state index contributed by atoms with van der Waals surface area (Å²) in [6.07, 6.45) is -0.610. The molecule has 0 aliphatic heterocycles. The molecule has 1 N–H and O–H groups in total. The SMILES string of the molecule is O=C(O)CCCC(F)(F)c1cccs1. The highest BCUT2D eigenvalue weighted by atomic mass is 32.1. The standard InChI is InChI=1S/C9H10F2O2S/c10-9(11,5-1-4-8(12)13)7-3-2-6-14-7/h2-3,6H,1,4-5H2,(H,12,13). The van der Waals surface area contributed by atoms with Gasteiger partial charge in [0.25, 0.3) is 5.92 Å². The van der Waals surface area contributed by atoms with Crippen LogP contribution in [0.3, 0.4) is 0 Å². The van der Waals surface area contributed by atoms with Crippen LogP contribution in [-0.4, -0.2) is 11.1 Å². The van der Waals surface area contributed by atoms with Crippen molar-refractivity contribution in [3.8, 4) is 0 Å². The molecular weight excluding hydrogens is 210 g/mol. The largest absolute Gasteiger partial charge is 0.481 e. The van der Waals surface area contributed by atoms with E-state index in [0.717, 1.165) is 11.3 Å². The fourth-order valence-corrected chi connectivity index (χ4v) is 1.81. The van der Waals surface area contributed by atoms with Crippen molar-refractivity contribution in [3.63, 3.8) is 0 Å². The van der Waals surface area contributed by atoms with Crippen LogP contribution in [0, 0.1) is 0 Å². The molecule has 1 rings (SSSR count). The number of alkyl halides is 2. The summed E-state index contributed by atoms with van der Waals surface area (Å²) in [5, 5.41) is 9.88. The van der Waals surface area contributed by atoms with Crippen LogP contribution < -0.4 is 0 Å². The molecule has 1 heterocycles. The molecule has 2 nitrogen and oxygen atoms in total. The highest BCUT2D eigenvalue weighted by Gasteiger charge is 2.31. The highest BCUT2D eigenvalue weighted by molar-refractivity contribution is 7.10. The number of carboxylic acid groups (broad SMARTS) is 1. The maximum absolute atomic E-state index is 13.3. The Kier molecular flexibility index (Phi) is 3.57. The second kappa shape index (κ2) is 4.50. The van der Waals surface area contributed by atoms with Gasteiger partial charge < -0.3 is 5.11 Å². The van der Waals surface area contributed by atoms with E-state index in [1.165, 1.54) is 6.07 Å². The summed E-state index contributed by atoms with van der Waals surface area (Å²) in [7, 11) is 0. The van der Waals surface area contributed by atoms with Gasteiger partial charge in [-0.25, -0.2) is 8.78 Å². The molecule has 14 heavy (non-hydrogen) atoms. The van der Waals surface area contributed by atoms with Crippen molar-refractivity contribution < 1.29 is 18.7 Å². The van der Waals surface area contributed by atoms with Gasteiger partial charge in [-0.2, -0.15) is 0 Å². The summed E-state index contributed by atoms with van der Waals surface area (Å²) in [6.45, 7) is 0. The van der Waals surface area contributed by atoms with E-state index in [4.69, 9.17) is 5.11 Å². The van der Waals surface area contributed by atoms with Crippen molar-refractivity contribution in [3.05, 3.63) is 22.4 Å². The number of rotatable bonds is 5. The number of aliphatic carboxylic acids is 1. The number of thiophene rings is 1. The summed E-state index contributed by atoms with van der Waals surface area (Å²) in [5.74, 6) is -3.92. The first kappa shape index (κ1) is 11.1. The Balaban J connectivity index is 2.46. The summed E-state index contributed by atoms with van der Waals surface area (Å²) in [5.41, 5.74) is 0. The number of halogens is 2. The van der Waals surface area contributed by atoms with E-state index in [0.29, 0.717) is 0 Å². The molecule has 0 amide bonds. The molecular formula is C9H10F2O2S. The number of hydrogen-bond acceptors (Lipinski definition) is 2. The Morgan fingerprint density at radius 2 is 2.29 bits per heavy atom. The highest BCUT2D eigenvalue weighted by Crippen LogP contribution is 2.35. The van der Waals surface area contributed by atoms with Gasteiger partial charge in [-0.05, 0) is 17.9 Å². The summed E-state index contributed by atoms with van der Waals surface area (Å²) in [6, 6.07) is 2.93. The van der Waals surface area contributed by atoms with Crippen LogP contribution in [0.5, 0.6) is 0 Å². The minimum Gasteiger partial charge on any atom is -0.481 e. The molecule has 1 aromatic rings. The van der Waals surface area contributed by atoms with Gasteiger partial charge in [0.2, 0.25) is 0 Å². The molecule has 0 bridgehead atoms. The Morgan fingerprint density at radius 1 is 1.57 bits per heavy atom. The molecule has 0 fully saturated rings. The van der Waals surface area contributed by atoms with Gasteiger partial charge in [0.15, 0.2) is 0 Å². The van der Waals surface area contributed by atoms with Gasteiger partial charge in [-0.1, -0.05) is 6.07 Å². The van der Waals surface area contributed by atoms with Crippen molar-refractivity contribution in [1.29, 1.82) is 0 Å². The fourth-order valence-electron chi connectivity index (χ4n) is 1.07. The first-order valence-electron chi connectivity index (χ1n) is 4.16. The Morgan fingerprint density at radius 3 is 2.79 bits per heavy atom. The zero-order valence-corrected chi connectivity index (χ0v) is 8.19. The van der Waals surface area contributed by atoms with Gasteiger partial charge in [-0.3, -0.25) is 4.79 Å². The van der Waals surface area contributed by atoms with Crippen molar-refractivity contribution in [2.45, 2.75) is 25.2 Å². The van der Waals surface area contributed by atoms with Crippen LogP contribution in [0.2, 0.25) is 0 Å². The zero-order valence-electron chi connectivity index (χ0n) is 7.37. The van der Waals surface area contributed by atoms with Crippen LogP contribution in [0.4, 0.5) is 8.78 Å². The van der Waals surface area contributed by atoms with Crippen LogP contribution in [-0.2, 0) is 10.7 Å². The molecule has 78 valence electrons. The maximum Gasteiger partial charge on any atom is 0.303 e. The topological polar surface area (TPSA) is 37.3 Å². The van der Waals surface area contributed by atoms with E-state index < -0.39 is 18.3 Å². The predicted octanol–water partition coefficient (Wildman–Crippen LogP) is 3.09. The molecule has 0 atom stereocenters. The van der Waals surface area contributed by atoms with E-state index in [9.17, 15) is 13.6 Å². The molecule has 0 radical (unpaired) electrons. The van der Waals surface area contributed by atoms with Crippen LogP contribution in [0.1, 0.15) is 24.1 Å². The lowest BCUT2D eigenvalue weighted by Gasteiger charge is -2.13. The van der Waals surface area contributed by atoms with Crippen LogP contribution >= 0.6 is 11.3 Å². The molecule has 0 unspecified atom stereocenters. The van der Waals surface area contributed by atoms with Gasteiger partial charge in [0.1, 0.15) is 0 Å². The lowest BCUT2D eigenvalue weighted by Crippen LogP contribution is -2.11. The second-order valence-corrected chi connectivity index (χ2v) is 3.88. The second-order valence-electron chi connectivity index (χ2n) is 2.93. The average molecular weight is 220 g/mol. The molecule has 0 spiro atoms. The Labute approximate surface area is 84.2 Å². The molecule has 0 aliphatic rings. The third-order valence-corrected chi connectivity index (χ3v) is 2.74. The lowest BCUT2D eigenvalue weighted by atomic mass is 10.1. The fraction of sp³-hybridized carbons (Fsp3) is 0.444. The summed E-state index contributed by atoms with van der Waals surface area (Å²) >= 11 is 0.991. The van der Waals surface area contributed by atoms with Gasteiger partial charge in [-0.15, -0.1) is 11.3 Å². The first-order valence-corrected chi connectivity index (χ1v) is 5.04. The van der Waals surface area contributed by atoms with Gasteiger partial charge >= 0.3 is 5.97 Å². The molecule has 5 heteroatoms. The van der Waals surface area contributed by atoms with Gasteiger partial charge in [0, 0.05) is 12.8 Å². The number of carboxylic acids is 1. The average Bonchev–Trinajstić information content (AvgIpc) is 2.54. The summed E-state index contributed by atoms with van der Waals surface area (Å²) in [4.78, 5) is 10.1. The minimum atomic E-state index is -2.89. The van der Waals surface area contributed by atoms with Crippen molar-refractivity contribution in [2.75, 3.05) is 0 Å². The number of hydrogen-bond donors (Lipinski definition) is 1.